The first-order chi connectivity index (χ1) is 12.0. The molecule has 0 unspecified atom stereocenters. The first-order valence-corrected chi connectivity index (χ1v) is 8.73. The topological polar surface area (TPSA) is 45.7 Å². The molecule has 5 nitrogen and oxygen atoms in total. The van der Waals surface area contributed by atoms with Crippen LogP contribution in [-0.4, -0.2) is 48.1 Å². The lowest BCUT2D eigenvalue weighted by molar-refractivity contribution is -0.138. The SMILES string of the molecule is Cc1ccc(O[C@H](C)C(=O)N2CCN(c3ccccn3)CC2)c(C)c1. The molecule has 0 N–H and O–H groups in total. The molecule has 1 aliphatic heterocycles. The average molecular weight is 339 g/mol. The Bertz CT molecular complexity index is 725. The van der Waals surface area contributed by atoms with E-state index in [-0.39, 0.29) is 5.91 Å². The van der Waals surface area contributed by atoms with Gasteiger partial charge in [0.25, 0.3) is 5.91 Å². The fourth-order valence-electron chi connectivity index (χ4n) is 3.13. The summed E-state index contributed by atoms with van der Waals surface area (Å²) in [5.41, 5.74) is 2.24. The molecule has 1 aromatic heterocycles. The smallest absolute Gasteiger partial charge is 0.263 e. The first kappa shape index (κ1) is 17.3. The first-order valence-electron chi connectivity index (χ1n) is 8.73. The van der Waals surface area contributed by atoms with Crippen molar-refractivity contribution in [3.63, 3.8) is 0 Å². The average Bonchev–Trinajstić information content (AvgIpc) is 2.64. The molecule has 25 heavy (non-hydrogen) atoms. The van der Waals surface area contributed by atoms with E-state index in [0.29, 0.717) is 13.1 Å². The molecule has 5 heteroatoms. The highest BCUT2D eigenvalue weighted by Crippen LogP contribution is 2.21. The van der Waals surface area contributed by atoms with Gasteiger partial charge >= 0.3 is 0 Å². The number of aryl methyl sites for hydroxylation is 2. The third-order valence-corrected chi connectivity index (χ3v) is 4.55. The maximum Gasteiger partial charge on any atom is 0.263 e. The Kier molecular flexibility index (Phi) is 5.22. The van der Waals surface area contributed by atoms with Gasteiger partial charge in [0, 0.05) is 32.4 Å². The minimum absolute atomic E-state index is 0.0423. The number of anilines is 1. The molecule has 2 heterocycles. The Morgan fingerprint density at radius 3 is 2.52 bits per heavy atom. The van der Waals surface area contributed by atoms with E-state index in [4.69, 9.17) is 4.74 Å². The van der Waals surface area contributed by atoms with E-state index in [1.807, 2.05) is 56.0 Å². The molecule has 1 aromatic carbocycles. The summed E-state index contributed by atoms with van der Waals surface area (Å²) in [5.74, 6) is 1.79. The van der Waals surface area contributed by atoms with Gasteiger partial charge in [-0.2, -0.15) is 0 Å². The zero-order chi connectivity index (χ0) is 17.8. The highest BCUT2D eigenvalue weighted by molar-refractivity contribution is 5.81. The molecule has 0 bridgehead atoms. The highest BCUT2D eigenvalue weighted by Gasteiger charge is 2.26. The third-order valence-electron chi connectivity index (χ3n) is 4.55. The Hall–Kier alpha value is -2.56. The Morgan fingerprint density at radius 1 is 1.12 bits per heavy atom. The number of ether oxygens (including phenoxy) is 1. The lowest BCUT2D eigenvalue weighted by atomic mass is 10.1. The molecule has 1 atom stereocenters. The third kappa shape index (κ3) is 4.10. The second kappa shape index (κ2) is 7.55. The van der Waals surface area contributed by atoms with E-state index in [9.17, 15) is 4.79 Å². The second-order valence-corrected chi connectivity index (χ2v) is 6.53. The van der Waals surface area contributed by atoms with E-state index < -0.39 is 6.10 Å². The van der Waals surface area contributed by atoms with Gasteiger partial charge in [0.05, 0.1) is 0 Å². The summed E-state index contributed by atoms with van der Waals surface area (Å²) in [6, 6.07) is 11.9. The number of carbonyl (C=O) groups excluding carboxylic acids is 1. The minimum atomic E-state index is -0.484. The molecule has 1 amide bonds. The summed E-state index contributed by atoms with van der Waals surface area (Å²) in [6.45, 7) is 8.84. The molecular weight excluding hydrogens is 314 g/mol. The number of rotatable bonds is 4. The largest absolute Gasteiger partial charge is 0.481 e. The molecule has 1 saturated heterocycles. The molecule has 132 valence electrons. The summed E-state index contributed by atoms with van der Waals surface area (Å²) in [6.07, 6.45) is 1.31. The van der Waals surface area contributed by atoms with Crippen LogP contribution < -0.4 is 9.64 Å². The van der Waals surface area contributed by atoms with Gasteiger partial charge in [-0.3, -0.25) is 4.79 Å². The van der Waals surface area contributed by atoms with Gasteiger partial charge in [0.1, 0.15) is 11.6 Å². The van der Waals surface area contributed by atoms with Crippen LogP contribution in [0.15, 0.2) is 42.6 Å². The fourth-order valence-corrected chi connectivity index (χ4v) is 3.13. The molecule has 0 radical (unpaired) electrons. The van der Waals surface area contributed by atoms with Crippen LogP contribution in [-0.2, 0) is 4.79 Å². The van der Waals surface area contributed by atoms with Gasteiger partial charge in [-0.15, -0.1) is 0 Å². The summed E-state index contributed by atoms with van der Waals surface area (Å²) in [4.78, 5) is 21.2. The van der Waals surface area contributed by atoms with Crippen LogP contribution >= 0.6 is 0 Å². The number of pyridine rings is 1. The number of carbonyl (C=O) groups is 1. The summed E-state index contributed by atoms with van der Waals surface area (Å²) >= 11 is 0. The van der Waals surface area contributed by atoms with Crippen LogP contribution in [0.3, 0.4) is 0 Å². The second-order valence-electron chi connectivity index (χ2n) is 6.53. The quantitative estimate of drug-likeness (QED) is 0.859. The van der Waals surface area contributed by atoms with Crippen molar-refractivity contribution in [3.05, 3.63) is 53.7 Å². The van der Waals surface area contributed by atoms with Crippen molar-refractivity contribution in [1.29, 1.82) is 0 Å². The molecular formula is C20H25N3O2. The molecule has 3 rings (SSSR count). The van der Waals surface area contributed by atoms with Crippen molar-refractivity contribution in [2.24, 2.45) is 0 Å². The van der Waals surface area contributed by atoms with Crippen molar-refractivity contribution in [2.75, 3.05) is 31.1 Å². The van der Waals surface area contributed by atoms with Crippen molar-refractivity contribution >= 4 is 11.7 Å². The van der Waals surface area contributed by atoms with Gasteiger partial charge < -0.3 is 14.5 Å². The van der Waals surface area contributed by atoms with E-state index in [2.05, 4.69) is 16.0 Å². The molecule has 2 aromatic rings. The van der Waals surface area contributed by atoms with Gasteiger partial charge in [-0.25, -0.2) is 4.98 Å². The maximum absolute atomic E-state index is 12.7. The Labute approximate surface area is 149 Å². The molecule has 0 aliphatic carbocycles. The zero-order valence-corrected chi connectivity index (χ0v) is 15.1. The lowest BCUT2D eigenvalue weighted by Gasteiger charge is -2.36. The number of aromatic nitrogens is 1. The zero-order valence-electron chi connectivity index (χ0n) is 15.1. The van der Waals surface area contributed by atoms with Gasteiger partial charge in [-0.05, 0) is 44.5 Å². The summed E-state index contributed by atoms with van der Waals surface area (Å²) < 4.78 is 5.91. The summed E-state index contributed by atoms with van der Waals surface area (Å²) in [7, 11) is 0. The van der Waals surface area contributed by atoms with Crippen LogP contribution in [0.4, 0.5) is 5.82 Å². The number of nitrogens with zero attached hydrogens (tertiary/aromatic N) is 3. The van der Waals surface area contributed by atoms with Crippen LogP contribution in [0, 0.1) is 13.8 Å². The fraction of sp³-hybridized carbons (Fsp3) is 0.400. The van der Waals surface area contributed by atoms with E-state index in [0.717, 1.165) is 30.2 Å². The van der Waals surface area contributed by atoms with E-state index >= 15 is 0 Å². The van der Waals surface area contributed by atoms with Crippen LogP contribution in [0.5, 0.6) is 5.75 Å². The van der Waals surface area contributed by atoms with Gasteiger partial charge in [-0.1, -0.05) is 23.8 Å². The standard InChI is InChI=1S/C20H25N3O2/c1-15-7-8-18(16(2)14-15)25-17(3)20(24)23-12-10-22(11-13-23)19-6-4-5-9-21-19/h4-9,14,17H,10-13H2,1-3H3/t17-/m1/s1. The Balaban J connectivity index is 1.56. The van der Waals surface area contributed by atoms with Crippen molar-refractivity contribution in [2.45, 2.75) is 26.9 Å². The number of benzene rings is 1. The number of piperazine rings is 1. The predicted molar refractivity (Wildman–Crippen MR) is 99.0 cm³/mol. The van der Waals surface area contributed by atoms with Gasteiger partial charge in [0.2, 0.25) is 0 Å². The van der Waals surface area contributed by atoms with Crippen LogP contribution in [0.1, 0.15) is 18.1 Å². The van der Waals surface area contributed by atoms with Gasteiger partial charge in [0.15, 0.2) is 6.10 Å². The van der Waals surface area contributed by atoms with Crippen molar-refractivity contribution in [3.8, 4) is 5.75 Å². The lowest BCUT2D eigenvalue weighted by Crippen LogP contribution is -2.52. The van der Waals surface area contributed by atoms with Crippen LogP contribution in [0.2, 0.25) is 0 Å². The van der Waals surface area contributed by atoms with E-state index in [1.165, 1.54) is 5.56 Å². The van der Waals surface area contributed by atoms with Crippen molar-refractivity contribution in [1.82, 2.24) is 9.88 Å². The number of hydrogen-bond acceptors (Lipinski definition) is 4. The maximum atomic E-state index is 12.7. The van der Waals surface area contributed by atoms with E-state index in [1.54, 1.807) is 6.20 Å². The normalized spacial score (nSPS) is 15.8. The molecule has 1 aliphatic rings. The highest BCUT2D eigenvalue weighted by atomic mass is 16.5. The molecule has 1 fully saturated rings. The molecule has 0 saturated carbocycles. The number of hydrogen-bond donors (Lipinski definition) is 0. The van der Waals surface area contributed by atoms with Crippen LogP contribution in [0.25, 0.3) is 0 Å². The van der Waals surface area contributed by atoms with Crippen molar-refractivity contribution < 1.29 is 9.53 Å². The predicted octanol–water partition coefficient (Wildman–Crippen LogP) is 2.81. The monoisotopic (exact) mass is 339 g/mol. The number of amides is 1. The Morgan fingerprint density at radius 2 is 1.88 bits per heavy atom. The minimum Gasteiger partial charge on any atom is -0.481 e. The molecule has 0 spiro atoms. The summed E-state index contributed by atoms with van der Waals surface area (Å²) in [5, 5.41) is 0.